The second-order valence-electron chi connectivity index (χ2n) is 17.7. The maximum Gasteiger partial charge on any atom is 0.318 e. The summed E-state index contributed by atoms with van der Waals surface area (Å²) >= 11 is 1.28. The van der Waals surface area contributed by atoms with Crippen LogP contribution >= 0.6 is 11.8 Å². The number of nitrogens with zero attached hydrogens (tertiary/aromatic N) is 1. The minimum absolute atomic E-state index is 0.166. The summed E-state index contributed by atoms with van der Waals surface area (Å²) in [6.07, 6.45) is 47.4. The fourth-order valence-electron chi connectivity index (χ4n) is 7.68. The number of amides is 1. The van der Waals surface area contributed by atoms with Crippen molar-refractivity contribution in [2.45, 2.75) is 245 Å². The average Bonchev–Trinajstić information content (AvgIpc) is 3.21. The number of unbranched alkanes of at least 4 members (excludes halogenated alkanes) is 27. The molecule has 342 valence electrons. The number of nitrogens with one attached hydrogen (secondary N) is 1. The molecule has 0 rings (SSSR count). The number of thioether (sulfide) groups is 1. The maximum atomic E-state index is 13.5. The molecular formula is C51H98N2O4S. The van der Waals surface area contributed by atoms with Crippen LogP contribution in [0, 0.1) is 11.8 Å². The van der Waals surface area contributed by atoms with Crippen molar-refractivity contribution in [2.75, 3.05) is 39.5 Å². The molecule has 0 aliphatic rings. The van der Waals surface area contributed by atoms with Crippen molar-refractivity contribution in [3.05, 3.63) is 12.2 Å². The number of ether oxygens (including phenoxy) is 1. The normalized spacial score (nSPS) is 12.7. The van der Waals surface area contributed by atoms with E-state index in [1.807, 2.05) is 19.0 Å². The third-order valence-electron chi connectivity index (χ3n) is 11.7. The van der Waals surface area contributed by atoms with Crippen LogP contribution in [0.3, 0.4) is 0 Å². The van der Waals surface area contributed by atoms with Gasteiger partial charge in [-0.15, -0.1) is 0 Å². The summed E-state index contributed by atoms with van der Waals surface area (Å²) in [7, 11) is 3.94. The van der Waals surface area contributed by atoms with E-state index in [-0.39, 0.29) is 11.0 Å². The highest BCUT2D eigenvalue weighted by Gasteiger charge is 2.29. The smallest absolute Gasteiger partial charge is 0.318 e. The second-order valence-corrected chi connectivity index (χ2v) is 18.9. The fraction of sp³-hybridized carbons (Fsp3) is 0.902. The van der Waals surface area contributed by atoms with E-state index in [0.717, 1.165) is 32.1 Å². The highest BCUT2D eigenvalue weighted by molar-refractivity contribution is 8.13. The number of rotatable bonds is 45. The van der Waals surface area contributed by atoms with Crippen LogP contribution in [0.15, 0.2) is 12.2 Å². The number of hydrogen-bond acceptors (Lipinski definition) is 6. The van der Waals surface area contributed by atoms with Crippen LogP contribution in [0.1, 0.15) is 245 Å². The van der Waals surface area contributed by atoms with E-state index in [1.54, 1.807) is 0 Å². The Labute approximate surface area is 365 Å². The van der Waals surface area contributed by atoms with E-state index >= 15 is 0 Å². The number of carbonyl (C=O) groups excluding carboxylic acids is 3. The summed E-state index contributed by atoms with van der Waals surface area (Å²) in [5, 5.41) is 3.13. The van der Waals surface area contributed by atoms with E-state index in [9.17, 15) is 14.4 Å². The lowest BCUT2D eigenvalue weighted by Gasteiger charge is -2.20. The lowest BCUT2D eigenvalue weighted by Crippen LogP contribution is -2.40. The Balaban J connectivity index is 4.76. The summed E-state index contributed by atoms with van der Waals surface area (Å²) in [5.74, 6) is -0.755. The molecule has 0 saturated carbocycles. The molecular weight excluding hydrogens is 737 g/mol. The van der Waals surface area contributed by atoms with E-state index in [4.69, 9.17) is 4.74 Å². The van der Waals surface area contributed by atoms with Gasteiger partial charge in [-0.25, -0.2) is 0 Å². The molecule has 0 radical (unpaired) electrons. The topological polar surface area (TPSA) is 75.7 Å². The largest absolute Gasteiger partial charge is 0.465 e. The van der Waals surface area contributed by atoms with Crippen molar-refractivity contribution < 1.29 is 19.1 Å². The van der Waals surface area contributed by atoms with Crippen molar-refractivity contribution in [3.8, 4) is 0 Å². The van der Waals surface area contributed by atoms with Crippen LogP contribution < -0.4 is 5.32 Å². The van der Waals surface area contributed by atoms with E-state index in [2.05, 4.69) is 38.2 Å². The van der Waals surface area contributed by atoms with Crippen LogP contribution in [0.4, 0.5) is 0 Å². The first-order chi connectivity index (χ1) is 28.3. The summed E-state index contributed by atoms with van der Waals surface area (Å²) < 4.78 is 5.99. The quantitative estimate of drug-likeness (QED) is 0.0285. The zero-order valence-electron chi connectivity index (χ0n) is 39.4. The predicted octanol–water partition coefficient (Wildman–Crippen LogP) is 15.0. The van der Waals surface area contributed by atoms with Gasteiger partial charge in [-0.05, 0) is 71.4 Å². The highest BCUT2D eigenvalue weighted by Crippen LogP contribution is 2.22. The molecule has 0 aromatic rings. The summed E-state index contributed by atoms with van der Waals surface area (Å²) in [6, 6.07) is 0. The molecule has 0 bridgehead atoms. The van der Waals surface area contributed by atoms with E-state index in [1.165, 1.54) is 192 Å². The van der Waals surface area contributed by atoms with Crippen molar-refractivity contribution in [1.82, 2.24) is 10.2 Å². The Morgan fingerprint density at radius 3 is 1.41 bits per heavy atom. The Morgan fingerprint density at radius 1 is 0.552 bits per heavy atom. The maximum absolute atomic E-state index is 13.5. The zero-order valence-corrected chi connectivity index (χ0v) is 40.2. The number of allylic oxidation sites excluding steroid dienone is 2. The standard InChI is InChI=1S/C51H98N2O4S/c1-6-9-12-15-18-21-23-24-25-26-27-29-32-35-38-41-49(54)58-45-42-48(50(55)52-43-44-53(4)5)51(56)57-46-47(39-36-33-30-20-17-14-11-8-3)40-37-34-31-28-22-19-16-13-10-7-2/h24-25,47-48H,6-23,26-46H2,1-5H3,(H,52,55)/b25-24-. The third kappa shape index (κ3) is 40.1. The van der Waals surface area contributed by atoms with Gasteiger partial charge >= 0.3 is 5.97 Å². The molecule has 2 unspecified atom stereocenters. The highest BCUT2D eigenvalue weighted by atomic mass is 32.2. The number of hydrogen-bond donors (Lipinski definition) is 1. The van der Waals surface area contributed by atoms with Gasteiger partial charge in [-0.1, -0.05) is 212 Å². The first-order valence-corrected chi connectivity index (χ1v) is 26.2. The van der Waals surface area contributed by atoms with Crippen LogP contribution in [0.5, 0.6) is 0 Å². The summed E-state index contributed by atoms with van der Waals surface area (Å²) in [4.78, 5) is 41.6. The number of esters is 1. The SMILES string of the molecule is CCCCCCCC/C=C\CCCCCCCC(=O)SCCC(C(=O)NCCN(C)C)C(=O)OCC(CCCCCCCCCC)CCCCCCCCCCCC. The van der Waals surface area contributed by atoms with Gasteiger partial charge in [0.2, 0.25) is 5.91 Å². The Morgan fingerprint density at radius 2 is 0.966 bits per heavy atom. The molecule has 0 saturated heterocycles. The molecule has 1 N–H and O–H groups in total. The molecule has 0 aromatic carbocycles. The third-order valence-corrected chi connectivity index (χ3v) is 12.6. The van der Waals surface area contributed by atoms with Crippen molar-refractivity contribution in [2.24, 2.45) is 11.8 Å². The fourth-order valence-corrected chi connectivity index (χ4v) is 8.55. The van der Waals surface area contributed by atoms with Crippen molar-refractivity contribution in [1.29, 1.82) is 0 Å². The molecule has 0 aliphatic heterocycles. The average molecular weight is 835 g/mol. The lowest BCUT2D eigenvalue weighted by atomic mass is 9.94. The predicted molar refractivity (Wildman–Crippen MR) is 255 cm³/mol. The Kier molecular flexibility index (Phi) is 44.1. The summed E-state index contributed by atoms with van der Waals surface area (Å²) in [5.41, 5.74) is 0. The van der Waals surface area contributed by atoms with Gasteiger partial charge in [0.15, 0.2) is 5.12 Å². The molecule has 7 heteroatoms. The monoisotopic (exact) mass is 835 g/mol. The minimum atomic E-state index is -0.872. The van der Waals surface area contributed by atoms with Gasteiger partial charge in [-0.2, -0.15) is 0 Å². The van der Waals surface area contributed by atoms with Gasteiger partial charge in [0.1, 0.15) is 5.92 Å². The first kappa shape index (κ1) is 56.7. The van der Waals surface area contributed by atoms with Crippen LogP contribution in [0.2, 0.25) is 0 Å². The van der Waals surface area contributed by atoms with Crippen LogP contribution in [-0.4, -0.2) is 61.4 Å². The Bertz CT molecular complexity index is 941. The van der Waals surface area contributed by atoms with E-state index < -0.39 is 11.9 Å². The molecule has 0 heterocycles. The molecule has 58 heavy (non-hydrogen) atoms. The van der Waals surface area contributed by atoms with Crippen LogP contribution in [0.25, 0.3) is 0 Å². The summed E-state index contributed by atoms with van der Waals surface area (Å²) in [6.45, 7) is 8.40. The lowest BCUT2D eigenvalue weighted by molar-refractivity contribution is -0.154. The van der Waals surface area contributed by atoms with E-state index in [0.29, 0.717) is 44.2 Å². The van der Waals surface area contributed by atoms with Gasteiger partial charge < -0.3 is 15.0 Å². The van der Waals surface area contributed by atoms with Gasteiger partial charge in [0.25, 0.3) is 0 Å². The minimum Gasteiger partial charge on any atom is -0.465 e. The van der Waals surface area contributed by atoms with Crippen LogP contribution in [-0.2, 0) is 19.1 Å². The first-order valence-electron chi connectivity index (χ1n) is 25.2. The zero-order chi connectivity index (χ0) is 42.6. The molecule has 0 spiro atoms. The van der Waals surface area contributed by atoms with Crippen molar-refractivity contribution >= 4 is 28.8 Å². The Hall–Kier alpha value is -1.34. The molecule has 0 fully saturated rings. The number of likely N-dealkylation sites (N-methyl/N-ethyl adjacent to an activating group) is 1. The molecule has 2 atom stereocenters. The second kappa shape index (κ2) is 45.2. The van der Waals surface area contributed by atoms with Gasteiger partial charge in [-0.3, -0.25) is 14.4 Å². The molecule has 0 aliphatic carbocycles. The molecule has 1 amide bonds. The van der Waals surface area contributed by atoms with Gasteiger partial charge in [0.05, 0.1) is 6.61 Å². The molecule has 6 nitrogen and oxygen atoms in total. The van der Waals surface area contributed by atoms with Crippen molar-refractivity contribution in [3.63, 3.8) is 0 Å². The molecule has 0 aromatic heterocycles. The van der Waals surface area contributed by atoms with Gasteiger partial charge in [0, 0.05) is 25.3 Å². The number of carbonyl (C=O) groups is 3.